The molecule has 1 unspecified atom stereocenters. The van der Waals surface area contributed by atoms with Crippen LogP contribution in [0.5, 0.6) is 0 Å². The van der Waals surface area contributed by atoms with Crippen LogP contribution in [-0.2, 0) is 6.42 Å². The molecular formula is C11H14N4S. The smallest absolute Gasteiger partial charge is 0.131 e. The van der Waals surface area contributed by atoms with Gasteiger partial charge < -0.3 is 11.1 Å². The van der Waals surface area contributed by atoms with Crippen LogP contribution in [-0.4, -0.2) is 16.0 Å². The molecule has 84 valence electrons. The van der Waals surface area contributed by atoms with Gasteiger partial charge in [-0.05, 0) is 18.4 Å². The first-order valence-electron chi connectivity index (χ1n) is 5.10. The lowest BCUT2D eigenvalue weighted by Crippen LogP contribution is -2.18. The number of aromatic nitrogens is 2. The molecule has 0 amide bonds. The Hall–Kier alpha value is -1.62. The zero-order chi connectivity index (χ0) is 11.4. The molecule has 0 aliphatic heterocycles. The molecular weight excluding hydrogens is 220 g/mol. The van der Waals surface area contributed by atoms with E-state index in [1.807, 2.05) is 0 Å². The number of hydrogen-bond donors (Lipinski definition) is 2. The van der Waals surface area contributed by atoms with Gasteiger partial charge in [0.2, 0.25) is 0 Å². The summed E-state index contributed by atoms with van der Waals surface area (Å²) < 4.78 is 0. The first-order chi connectivity index (χ1) is 7.74. The van der Waals surface area contributed by atoms with Crippen molar-refractivity contribution in [3.63, 3.8) is 0 Å². The molecule has 2 aromatic heterocycles. The fourth-order valence-corrected chi connectivity index (χ4v) is 2.32. The highest BCUT2D eigenvalue weighted by Crippen LogP contribution is 2.13. The summed E-state index contributed by atoms with van der Waals surface area (Å²) in [6.07, 6.45) is 2.46. The number of thiophene rings is 1. The monoisotopic (exact) mass is 234 g/mol. The standard InChI is InChI=1S/C11H14N4S/c1-8(5-9-3-2-4-16-9)15-11-6-10(12)13-7-14-11/h2-4,6-8H,5H2,1H3,(H3,12,13,14,15). The fourth-order valence-electron chi connectivity index (χ4n) is 1.49. The minimum atomic E-state index is 0.327. The number of anilines is 2. The second kappa shape index (κ2) is 4.94. The summed E-state index contributed by atoms with van der Waals surface area (Å²) in [6.45, 7) is 2.12. The van der Waals surface area contributed by atoms with Crippen LogP contribution in [0.25, 0.3) is 0 Å². The van der Waals surface area contributed by atoms with E-state index in [0.717, 1.165) is 12.2 Å². The number of nitrogens with two attached hydrogens (primary N) is 1. The Kier molecular flexibility index (Phi) is 3.36. The Morgan fingerprint density at radius 1 is 1.50 bits per heavy atom. The molecule has 1 atom stereocenters. The summed E-state index contributed by atoms with van der Waals surface area (Å²) in [4.78, 5) is 9.32. The van der Waals surface area contributed by atoms with Gasteiger partial charge in [-0.15, -0.1) is 11.3 Å². The van der Waals surface area contributed by atoms with Crippen molar-refractivity contribution < 1.29 is 0 Å². The minimum absolute atomic E-state index is 0.327. The molecule has 0 radical (unpaired) electrons. The molecule has 3 N–H and O–H groups in total. The van der Waals surface area contributed by atoms with Crippen LogP contribution in [0.2, 0.25) is 0 Å². The predicted molar refractivity (Wildman–Crippen MR) is 67.6 cm³/mol. The molecule has 5 heteroatoms. The lowest BCUT2D eigenvalue weighted by atomic mass is 10.2. The van der Waals surface area contributed by atoms with Crippen molar-refractivity contribution in [2.24, 2.45) is 0 Å². The number of rotatable bonds is 4. The third kappa shape index (κ3) is 2.93. The first-order valence-corrected chi connectivity index (χ1v) is 5.98. The average molecular weight is 234 g/mol. The van der Waals surface area contributed by atoms with Gasteiger partial charge in [0.1, 0.15) is 18.0 Å². The molecule has 0 saturated carbocycles. The van der Waals surface area contributed by atoms with Gasteiger partial charge in [-0.1, -0.05) is 6.07 Å². The van der Waals surface area contributed by atoms with Crippen LogP contribution in [0.15, 0.2) is 29.9 Å². The van der Waals surface area contributed by atoms with E-state index in [1.54, 1.807) is 17.4 Å². The maximum Gasteiger partial charge on any atom is 0.131 e. The Morgan fingerprint density at radius 3 is 3.06 bits per heavy atom. The van der Waals surface area contributed by atoms with Crippen LogP contribution in [0.1, 0.15) is 11.8 Å². The van der Waals surface area contributed by atoms with Crippen LogP contribution >= 0.6 is 11.3 Å². The molecule has 16 heavy (non-hydrogen) atoms. The van der Waals surface area contributed by atoms with E-state index in [4.69, 9.17) is 5.73 Å². The third-order valence-electron chi connectivity index (χ3n) is 2.17. The first kappa shape index (κ1) is 10.9. The minimum Gasteiger partial charge on any atom is -0.384 e. The highest BCUT2D eigenvalue weighted by atomic mass is 32.1. The van der Waals surface area contributed by atoms with Crippen molar-refractivity contribution in [1.29, 1.82) is 0 Å². The molecule has 0 aromatic carbocycles. The van der Waals surface area contributed by atoms with Crippen LogP contribution in [0.4, 0.5) is 11.6 Å². The van der Waals surface area contributed by atoms with Crippen LogP contribution in [0.3, 0.4) is 0 Å². The highest BCUT2D eigenvalue weighted by molar-refractivity contribution is 7.09. The molecule has 0 saturated heterocycles. The summed E-state index contributed by atoms with van der Waals surface area (Å²) in [5.41, 5.74) is 5.58. The molecule has 0 fully saturated rings. The van der Waals surface area contributed by atoms with E-state index in [9.17, 15) is 0 Å². The van der Waals surface area contributed by atoms with E-state index in [2.05, 4.69) is 39.7 Å². The third-order valence-corrected chi connectivity index (χ3v) is 3.07. The summed E-state index contributed by atoms with van der Waals surface area (Å²) in [5, 5.41) is 5.38. The lowest BCUT2D eigenvalue weighted by Gasteiger charge is -2.13. The fraction of sp³-hybridized carbons (Fsp3) is 0.273. The summed E-state index contributed by atoms with van der Waals surface area (Å²) >= 11 is 1.77. The van der Waals surface area contributed by atoms with Crippen molar-refractivity contribution in [3.8, 4) is 0 Å². The Balaban J connectivity index is 1.94. The van der Waals surface area contributed by atoms with E-state index >= 15 is 0 Å². The second-order valence-corrected chi connectivity index (χ2v) is 4.69. The molecule has 4 nitrogen and oxygen atoms in total. The van der Waals surface area contributed by atoms with E-state index in [1.165, 1.54) is 11.2 Å². The van der Waals surface area contributed by atoms with Gasteiger partial charge >= 0.3 is 0 Å². The van der Waals surface area contributed by atoms with Gasteiger partial charge in [0.05, 0.1) is 0 Å². The van der Waals surface area contributed by atoms with Gasteiger partial charge in [-0.2, -0.15) is 0 Å². The maximum absolute atomic E-state index is 5.58. The molecule has 2 rings (SSSR count). The van der Waals surface area contributed by atoms with Crippen molar-refractivity contribution >= 4 is 23.0 Å². The zero-order valence-electron chi connectivity index (χ0n) is 9.05. The number of nitrogens with one attached hydrogen (secondary N) is 1. The second-order valence-electron chi connectivity index (χ2n) is 3.66. The Morgan fingerprint density at radius 2 is 2.38 bits per heavy atom. The van der Waals surface area contributed by atoms with Gasteiger partial charge in [0.15, 0.2) is 0 Å². The zero-order valence-corrected chi connectivity index (χ0v) is 9.87. The van der Waals surface area contributed by atoms with Gasteiger partial charge in [-0.3, -0.25) is 0 Å². The average Bonchev–Trinajstić information content (AvgIpc) is 2.70. The summed E-state index contributed by atoms with van der Waals surface area (Å²) in [5.74, 6) is 1.26. The molecule has 0 spiro atoms. The van der Waals surface area contributed by atoms with E-state index in [-0.39, 0.29) is 0 Å². The molecule has 2 aromatic rings. The van der Waals surface area contributed by atoms with Crippen molar-refractivity contribution in [2.45, 2.75) is 19.4 Å². The topological polar surface area (TPSA) is 63.8 Å². The van der Waals surface area contributed by atoms with E-state index in [0.29, 0.717) is 11.9 Å². The normalized spacial score (nSPS) is 12.3. The van der Waals surface area contributed by atoms with Crippen molar-refractivity contribution in [2.75, 3.05) is 11.1 Å². The van der Waals surface area contributed by atoms with Gasteiger partial charge in [-0.25, -0.2) is 9.97 Å². The quantitative estimate of drug-likeness (QED) is 0.851. The number of hydrogen-bond acceptors (Lipinski definition) is 5. The van der Waals surface area contributed by atoms with Crippen LogP contribution in [0, 0.1) is 0 Å². The van der Waals surface area contributed by atoms with Crippen molar-refractivity contribution in [1.82, 2.24) is 9.97 Å². The van der Waals surface area contributed by atoms with Crippen LogP contribution < -0.4 is 11.1 Å². The molecule has 0 aliphatic carbocycles. The summed E-state index contributed by atoms with van der Waals surface area (Å²) in [6, 6.07) is 6.27. The predicted octanol–water partition coefficient (Wildman–Crippen LogP) is 2.16. The Bertz CT molecular complexity index is 441. The van der Waals surface area contributed by atoms with Gasteiger partial charge in [0, 0.05) is 23.4 Å². The number of nitrogen functional groups attached to an aromatic ring is 1. The summed E-state index contributed by atoms with van der Waals surface area (Å²) in [7, 11) is 0. The Labute approximate surface area is 98.6 Å². The molecule has 0 aliphatic rings. The number of nitrogens with zero attached hydrogens (tertiary/aromatic N) is 2. The highest BCUT2D eigenvalue weighted by Gasteiger charge is 2.05. The lowest BCUT2D eigenvalue weighted by molar-refractivity contribution is 0.793. The molecule has 0 bridgehead atoms. The largest absolute Gasteiger partial charge is 0.384 e. The SMILES string of the molecule is CC(Cc1cccs1)Nc1cc(N)ncn1. The van der Waals surface area contributed by atoms with Gasteiger partial charge in [0.25, 0.3) is 0 Å². The molecule has 2 heterocycles. The maximum atomic E-state index is 5.58. The van der Waals surface area contributed by atoms with E-state index < -0.39 is 0 Å². The van der Waals surface area contributed by atoms with Crippen molar-refractivity contribution in [3.05, 3.63) is 34.8 Å².